The summed E-state index contributed by atoms with van der Waals surface area (Å²) >= 11 is 0. The van der Waals surface area contributed by atoms with Crippen molar-refractivity contribution in [3.63, 3.8) is 0 Å². The third kappa shape index (κ3) is 5.51. The number of nitrogens with one attached hydrogen (secondary N) is 1. The third-order valence-corrected chi connectivity index (χ3v) is 5.11. The van der Waals surface area contributed by atoms with Crippen molar-refractivity contribution < 1.29 is 0 Å². The van der Waals surface area contributed by atoms with Gasteiger partial charge in [-0.1, -0.05) is 62.9 Å². The Balaban J connectivity index is 2.41. The van der Waals surface area contributed by atoms with Crippen molar-refractivity contribution in [2.45, 2.75) is 46.5 Å². The Kier molecular flexibility index (Phi) is 5.41. The predicted octanol–water partition coefficient (Wildman–Crippen LogP) is 3.37. The van der Waals surface area contributed by atoms with E-state index in [0.29, 0.717) is 0 Å². The van der Waals surface area contributed by atoms with Crippen LogP contribution in [-0.4, -0.2) is 14.6 Å². The Morgan fingerprint density at radius 1 is 1.06 bits per heavy atom. The fraction of sp³-hybridized carbons (Fsp3) is 0.600. The van der Waals surface area contributed by atoms with Gasteiger partial charge in [0.1, 0.15) is 0 Å². The molecule has 0 atom stereocenters. The van der Waals surface area contributed by atoms with Gasteiger partial charge >= 0.3 is 0 Å². The van der Waals surface area contributed by atoms with E-state index in [1.165, 1.54) is 12.0 Å². The van der Waals surface area contributed by atoms with Gasteiger partial charge in [-0.05, 0) is 24.4 Å². The summed E-state index contributed by atoms with van der Waals surface area (Å²) < 4.78 is 0. The van der Waals surface area contributed by atoms with Gasteiger partial charge in [-0.2, -0.15) is 0 Å². The zero-order valence-corrected chi connectivity index (χ0v) is 13.0. The first kappa shape index (κ1) is 14.5. The number of benzene rings is 1. The summed E-state index contributed by atoms with van der Waals surface area (Å²) in [6, 6.07) is 9.17. The Labute approximate surface area is 108 Å². The van der Waals surface area contributed by atoms with E-state index in [2.05, 4.69) is 63.1 Å². The summed E-state index contributed by atoms with van der Waals surface area (Å²) in [7, 11) is -1.13. The fourth-order valence-corrected chi connectivity index (χ4v) is 2.91. The van der Waals surface area contributed by atoms with Crippen molar-refractivity contribution in [1.82, 2.24) is 5.32 Å². The zero-order chi connectivity index (χ0) is 12.9. The molecule has 0 heterocycles. The molecule has 0 aliphatic heterocycles. The topological polar surface area (TPSA) is 12.0 Å². The van der Waals surface area contributed by atoms with E-state index >= 15 is 0 Å². The van der Waals surface area contributed by atoms with Crippen LogP contribution in [0.2, 0.25) is 19.6 Å². The van der Waals surface area contributed by atoms with Gasteiger partial charge in [0.15, 0.2) is 0 Å². The Bertz CT molecular complexity index is 322. The molecule has 0 fully saturated rings. The molecule has 2 heteroatoms. The molecular formula is C15H27NSi. The molecule has 0 saturated carbocycles. The molecule has 0 bridgehead atoms. The van der Waals surface area contributed by atoms with Gasteiger partial charge in [-0.25, -0.2) is 0 Å². The predicted molar refractivity (Wildman–Crippen MR) is 80.6 cm³/mol. The number of rotatable bonds is 6. The average Bonchev–Trinajstić information content (AvgIpc) is 2.23. The summed E-state index contributed by atoms with van der Waals surface area (Å²) in [5.74, 6) is 0.789. The fourth-order valence-electron chi connectivity index (χ4n) is 1.75. The largest absolute Gasteiger partial charge is 0.313 e. The highest BCUT2D eigenvalue weighted by molar-refractivity contribution is 6.88. The third-order valence-electron chi connectivity index (χ3n) is 3.05. The molecule has 0 saturated heterocycles. The Morgan fingerprint density at radius 3 is 2.12 bits per heavy atom. The van der Waals surface area contributed by atoms with E-state index in [1.54, 1.807) is 5.19 Å². The van der Waals surface area contributed by atoms with E-state index in [9.17, 15) is 0 Å². The molecule has 96 valence electrons. The Hall–Kier alpha value is -0.603. The van der Waals surface area contributed by atoms with Crippen molar-refractivity contribution >= 4 is 13.3 Å². The summed E-state index contributed by atoms with van der Waals surface area (Å²) in [4.78, 5) is 0. The first-order chi connectivity index (χ1) is 7.89. The van der Waals surface area contributed by atoms with Gasteiger partial charge in [0.2, 0.25) is 0 Å². The molecule has 0 spiro atoms. The highest BCUT2D eigenvalue weighted by Crippen LogP contribution is 2.05. The first-order valence-corrected chi connectivity index (χ1v) is 10.2. The van der Waals surface area contributed by atoms with Crippen molar-refractivity contribution in [2.24, 2.45) is 5.92 Å². The van der Waals surface area contributed by atoms with Crippen molar-refractivity contribution in [1.29, 1.82) is 0 Å². The lowest BCUT2D eigenvalue weighted by Gasteiger charge is -2.16. The second-order valence-electron chi connectivity index (χ2n) is 6.31. The van der Waals surface area contributed by atoms with Gasteiger partial charge in [0.25, 0.3) is 0 Å². The number of hydrogen-bond acceptors (Lipinski definition) is 1. The van der Waals surface area contributed by atoms with Crippen LogP contribution in [0.25, 0.3) is 0 Å². The van der Waals surface area contributed by atoms with Crippen LogP contribution in [0.3, 0.4) is 0 Å². The molecule has 0 unspecified atom stereocenters. The number of hydrogen-bond donors (Lipinski definition) is 1. The minimum Gasteiger partial charge on any atom is -0.313 e. The quantitative estimate of drug-likeness (QED) is 0.602. The summed E-state index contributed by atoms with van der Waals surface area (Å²) in [5.41, 5.74) is 1.40. The molecule has 0 radical (unpaired) electrons. The van der Waals surface area contributed by atoms with Gasteiger partial charge in [-0.3, -0.25) is 0 Å². The lowest BCUT2D eigenvalue weighted by Crippen LogP contribution is -2.37. The van der Waals surface area contributed by atoms with Gasteiger partial charge in [0, 0.05) is 6.54 Å². The van der Waals surface area contributed by atoms with Crippen molar-refractivity contribution in [2.75, 3.05) is 6.54 Å². The lowest BCUT2D eigenvalue weighted by atomic mass is 10.1. The summed E-state index contributed by atoms with van der Waals surface area (Å²) in [5, 5.41) is 5.05. The van der Waals surface area contributed by atoms with Crippen molar-refractivity contribution in [3.8, 4) is 0 Å². The SMILES string of the molecule is CC(C)CCNCc1ccc([Si](C)(C)C)cc1. The standard InChI is InChI=1S/C15H27NSi/c1-13(2)10-11-16-12-14-6-8-15(9-7-14)17(3,4)5/h6-9,13,16H,10-12H2,1-5H3. The van der Waals surface area contributed by atoms with Crippen LogP contribution < -0.4 is 10.5 Å². The van der Waals surface area contributed by atoms with E-state index < -0.39 is 8.07 Å². The van der Waals surface area contributed by atoms with Crippen LogP contribution in [0, 0.1) is 5.92 Å². The second-order valence-corrected chi connectivity index (χ2v) is 11.4. The van der Waals surface area contributed by atoms with Crippen LogP contribution in [0.1, 0.15) is 25.8 Å². The van der Waals surface area contributed by atoms with Gasteiger partial charge in [0.05, 0.1) is 8.07 Å². The minimum absolute atomic E-state index is 0.789. The molecule has 0 amide bonds. The maximum Gasteiger partial charge on any atom is 0.0775 e. The smallest absolute Gasteiger partial charge is 0.0775 e. The average molecular weight is 249 g/mol. The maximum atomic E-state index is 3.50. The van der Waals surface area contributed by atoms with Gasteiger partial charge in [-0.15, -0.1) is 0 Å². The highest BCUT2D eigenvalue weighted by atomic mass is 28.3. The van der Waals surface area contributed by atoms with Crippen molar-refractivity contribution in [3.05, 3.63) is 29.8 Å². The summed E-state index contributed by atoms with van der Waals surface area (Å²) in [6.07, 6.45) is 1.26. The molecule has 1 N–H and O–H groups in total. The van der Waals surface area contributed by atoms with Crippen LogP contribution in [-0.2, 0) is 6.54 Å². The monoisotopic (exact) mass is 249 g/mol. The van der Waals surface area contributed by atoms with E-state index in [0.717, 1.165) is 19.0 Å². The van der Waals surface area contributed by atoms with E-state index in [4.69, 9.17) is 0 Å². The van der Waals surface area contributed by atoms with Gasteiger partial charge < -0.3 is 5.32 Å². The molecule has 1 rings (SSSR count). The van der Waals surface area contributed by atoms with E-state index in [-0.39, 0.29) is 0 Å². The summed E-state index contributed by atoms with van der Waals surface area (Å²) in [6.45, 7) is 13.8. The second kappa shape index (κ2) is 6.36. The van der Waals surface area contributed by atoms with Crippen LogP contribution in [0.4, 0.5) is 0 Å². The van der Waals surface area contributed by atoms with Crippen LogP contribution in [0.15, 0.2) is 24.3 Å². The highest BCUT2D eigenvalue weighted by Gasteiger charge is 2.15. The lowest BCUT2D eigenvalue weighted by molar-refractivity contribution is 0.537. The molecule has 1 nitrogen and oxygen atoms in total. The molecular weight excluding hydrogens is 222 g/mol. The maximum absolute atomic E-state index is 3.50. The Morgan fingerprint density at radius 2 is 1.65 bits per heavy atom. The normalized spacial score (nSPS) is 12.1. The van der Waals surface area contributed by atoms with Crippen LogP contribution >= 0.6 is 0 Å². The molecule has 1 aromatic rings. The molecule has 1 aromatic carbocycles. The zero-order valence-electron chi connectivity index (χ0n) is 12.0. The molecule has 0 aliphatic carbocycles. The molecule has 0 aromatic heterocycles. The van der Waals surface area contributed by atoms with Crippen LogP contribution in [0.5, 0.6) is 0 Å². The van der Waals surface area contributed by atoms with E-state index in [1.807, 2.05) is 0 Å². The minimum atomic E-state index is -1.13. The molecule has 17 heavy (non-hydrogen) atoms. The molecule has 0 aliphatic rings. The first-order valence-electron chi connectivity index (χ1n) is 6.69.